The summed E-state index contributed by atoms with van der Waals surface area (Å²) in [5.74, 6) is 0.906. The highest BCUT2D eigenvalue weighted by atomic mass is 15.2. The average Bonchev–Trinajstić information content (AvgIpc) is 2.49. The van der Waals surface area contributed by atoms with Gasteiger partial charge in [-0.2, -0.15) is 0 Å². The van der Waals surface area contributed by atoms with Crippen molar-refractivity contribution in [2.24, 2.45) is 4.99 Å². The Morgan fingerprint density at radius 3 is 2.62 bits per heavy atom. The zero-order valence-corrected chi connectivity index (χ0v) is 13.9. The largest absolute Gasteiger partial charge is 0.378 e. The minimum atomic E-state index is 0.699. The monoisotopic (exact) mass is 290 g/mol. The van der Waals surface area contributed by atoms with Crippen LogP contribution in [0.15, 0.2) is 29.3 Å². The van der Waals surface area contributed by atoms with E-state index in [0.29, 0.717) is 6.54 Å². The maximum absolute atomic E-state index is 4.66. The summed E-state index contributed by atoms with van der Waals surface area (Å²) >= 11 is 0. The molecular formula is C17H30N4. The fourth-order valence-corrected chi connectivity index (χ4v) is 2.03. The van der Waals surface area contributed by atoms with E-state index < -0.39 is 0 Å². The lowest BCUT2D eigenvalue weighted by Crippen LogP contribution is -2.37. The fraction of sp³-hybridized carbons (Fsp3) is 0.588. The maximum atomic E-state index is 4.66. The Bertz CT molecular complexity index is 427. The van der Waals surface area contributed by atoms with Crippen molar-refractivity contribution in [2.75, 3.05) is 32.1 Å². The van der Waals surface area contributed by atoms with Gasteiger partial charge in [0.15, 0.2) is 5.96 Å². The van der Waals surface area contributed by atoms with Crippen LogP contribution in [-0.2, 0) is 6.54 Å². The molecule has 0 unspecified atom stereocenters. The molecule has 4 nitrogen and oxygen atoms in total. The van der Waals surface area contributed by atoms with E-state index >= 15 is 0 Å². The number of aliphatic imine (C=N–C) groups is 1. The van der Waals surface area contributed by atoms with Gasteiger partial charge in [-0.05, 0) is 31.0 Å². The van der Waals surface area contributed by atoms with Crippen LogP contribution < -0.4 is 15.5 Å². The van der Waals surface area contributed by atoms with Gasteiger partial charge in [-0.3, -0.25) is 0 Å². The molecule has 0 atom stereocenters. The summed E-state index contributed by atoms with van der Waals surface area (Å²) in [6.45, 7) is 6.88. The molecule has 1 aromatic rings. The predicted octanol–water partition coefficient (Wildman–Crippen LogP) is 3.00. The Hall–Kier alpha value is -1.71. The van der Waals surface area contributed by atoms with Crippen LogP contribution in [0.25, 0.3) is 0 Å². The van der Waals surface area contributed by atoms with E-state index in [1.54, 1.807) is 0 Å². The number of rotatable bonds is 8. The molecule has 0 fully saturated rings. The number of anilines is 1. The lowest BCUT2D eigenvalue weighted by atomic mass is 10.2. The summed E-state index contributed by atoms with van der Waals surface area (Å²) in [4.78, 5) is 6.77. The molecule has 1 aromatic carbocycles. The van der Waals surface area contributed by atoms with Gasteiger partial charge in [-0.25, -0.2) is 4.99 Å². The number of nitrogens with zero attached hydrogens (tertiary/aromatic N) is 2. The van der Waals surface area contributed by atoms with Gasteiger partial charge < -0.3 is 15.5 Å². The van der Waals surface area contributed by atoms with E-state index in [4.69, 9.17) is 0 Å². The zero-order valence-electron chi connectivity index (χ0n) is 13.9. The van der Waals surface area contributed by atoms with Crippen molar-refractivity contribution in [3.05, 3.63) is 29.8 Å². The summed E-state index contributed by atoms with van der Waals surface area (Å²) in [6, 6.07) is 8.50. The second-order valence-corrected chi connectivity index (χ2v) is 5.39. The molecule has 21 heavy (non-hydrogen) atoms. The number of nitrogens with one attached hydrogen (secondary N) is 2. The van der Waals surface area contributed by atoms with E-state index in [1.165, 1.54) is 30.5 Å². The Kier molecular flexibility index (Phi) is 8.32. The zero-order chi connectivity index (χ0) is 15.5. The quantitative estimate of drug-likeness (QED) is 0.439. The first-order valence-electron chi connectivity index (χ1n) is 7.95. The highest BCUT2D eigenvalue weighted by Gasteiger charge is 1.99. The third-order valence-corrected chi connectivity index (χ3v) is 3.26. The van der Waals surface area contributed by atoms with Crippen LogP contribution in [0.3, 0.4) is 0 Å². The van der Waals surface area contributed by atoms with Gasteiger partial charge in [0.2, 0.25) is 0 Å². The molecular weight excluding hydrogens is 260 g/mol. The third kappa shape index (κ3) is 7.02. The molecule has 0 spiro atoms. The summed E-state index contributed by atoms with van der Waals surface area (Å²) in [7, 11) is 4.11. The second kappa shape index (κ2) is 10.1. The summed E-state index contributed by atoms with van der Waals surface area (Å²) in [6.07, 6.45) is 3.70. The molecule has 118 valence electrons. The van der Waals surface area contributed by atoms with Crippen molar-refractivity contribution in [3.63, 3.8) is 0 Å². The van der Waals surface area contributed by atoms with Gasteiger partial charge in [-0.1, -0.05) is 31.9 Å². The molecule has 0 bridgehead atoms. The molecule has 0 amide bonds. The molecule has 0 aliphatic heterocycles. The lowest BCUT2D eigenvalue weighted by Gasteiger charge is -2.14. The van der Waals surface area contributed by atoms with Crippen LogP contribution in [0.4, 0.5) is 5.69 Å². The molecule has 0 aliphatic carbocycles. The summed E-state index contributed by atoms with van der Waals surface area (Å²) in [5, 5.41) is 6.69. The first kappa shape index (κ1) is 17.3. The van der Waals surface area contributed by atoms with Gasteiger partial charge in [0, 0.05) is 32.9 Å². The van der Waals surface area contributed by atoms with Gasteiger partial charge in [-0.15, -0.1) is 0 Å². The topological polar surface area (TPSA) is 39.7 Å². The molecule has 2 N–H and O–H groups in total. The normalized spacial score (nSPS) is 11.3. The first-order chi connectivity index (χ1) is 10.2. The third-order valence-electron chi connectivity index (χ3n) is 3.26. The van der Waals surface area contributed by atoms with E-state index in [-0.39, 0.29) is 0 Å². The number of hydrogen-bond acceptors (Lipinski definition) is 2. The molecule has 0 radical (unpaired) electrons. The predicted molar refractivity (Wildman–Crippen MR) is 93.1 cm³/mol. The number of unbranched alkanes of at least 4 members (excludes halogenated alkanes) is 2. The molecule has 0 saturated carbocycles. The van der Waals surface area contributed by atoms with E-state index in [2.05, 4.69) is 72.7 Å². The number of hydrogen-bond donors (Lipinski definition) is 2. The minimum absolute atomic E-state index is 0.699. The SMILES string of the molecule is CCCCCNC(=NCc1cccc(N(C)C)c1)NCC. The standard InChI is InChI=1S/C17H30N4/c1-5-7-8-12-19-17(18-6-2)20-14-15-10-9-11-16(13-15)21(3)4/h9-11,13H,5-8,12,14H2,1-4H3,(H2,18,19,20). The molecule has 0 aliphatic rings. The smallest absolute Gasteiger partial charge is 0.191 e. The van der Waals surface area contributed by atoms with Crippen LogP contribution in [0.2, 0.25) is 0 Å². The van der Waals surface area contributed by atoms with Crippen molar-refractivity contribution in [1.29, 1.82) is 0 Å². The molecule has 0 heterocycles. The molecule has 0 saturated heterocycles. The lowest BCUT2D eigenvalue weighted by molar-refractivity contribution is 0.683. The van der Waals surface area contributed by atoms with Gasteiger partial charge in [0.1, 0.15) is 0 Å². The van der Waals surface area contributed by atoms with Crippen LogP contribution in [0.1, 0.15) is 38.7 Å². The van der Waals surface area contributed by atoms with E-state index in [1.807, 2.05) is 0 Å². The Labute approximate surface area is 129 Å². The Balaban J connectivity index is 2.58. The molecule has 1 rings (SSSR count). The van der Waals surface area contributed by atoms with Crippen molar-refractivity contribution in [2.45, 2.75) is 39.7 Å². The van der Waals surface area contributed by atoms with Gasteiger partial charge >= 0.3 is 0 Å². The number of benzene rings is 1. The molecule has 4 heteroatoms. The molecule has 0 aromatic heterocycles. The van der Waals surface area contributed by atoms with Crippen molar-refractivity contribution >= 4 is 11.6 Å². The minimum Gasteiger partial charge on any atom is -0.378 e. The van der Waals surface area contributed by atoms with Crippen LogP contribution in [0, 0.1) is 0 Å². The van der Waals surface area contributed by atoms with Crippen molar-refractivity contribution < 1.29 is 0 Å². The second-order valence-electron chi connectivity index (χ2n) is 5.39. The van der Waals surface area contributed by atoms with E-state index in [9.17, 15) is 0 Å². The fourth-order valence-electron chi connectivity index (χ4n) is 2.03. The van der Waals surface area contributed by atoms with Gasteiger partial charge in [0.05, 0.1) is 6.54 Å². The van der Waals surface area contributed by atoms with Gasteiger partial charge in [0.25, 0.3) is 0 Å². The Morgan fingerprint density at radius 1 is 1.14 bits per heavy atom. The van der Waals surface area contributed by atoms with Crippen molar-refractivity contribution in [3.8, 4) is 0 Å². The van der Waals surface area contributed by atoms with Crippen LogP contribution >= 0.6 is 0 Å². The van der Waals surface area contributed by atoms with E-state index in [0.717, 1.165) is 19.0 Å². The van der Waals surface area contributed by atoms with Crippen LogP contribution in [-0.4, -0.2) is 33.1 Å². The first-order valence-corrected chi connectivity index (χ1v) is 7.95. The highest BCUT2D eigenvalue weighted by Crippen LogP contribution is 2.13. The maximum Gasteiger partial charge on any atom is 0.191 e. The summed E-state index contributed by atoms with van der Waals surface area (Å²) < 4.78 is 0. The summed E-state index contributed by atoms with van der Waals surface area (Å²) in [5.41, 5.74) is 2.44. The highest BCUT2D eigenvalue weighted by molar-refractivity contribution is 5.79. The van der Waals surface area contributed by atoms with Crippen LogP contribution in [0.5, 0.6) is 0 Å². The van der Waals surface area contributed by atoms with Crippen molar-refractivity contribution in [1.82, 2.24) is 10.6 Å². The Morgan fingerprint density at radius 2 is 1.95 bits per heavy atom. The average molecular weight is 290 g/mol. The number of guanidine groups is 1.